The van der Waals surface area contributed by atoms with Crippen LogP contribution in [0.1, 0.15) is 12.5 Å². The Balaban J connectivity index is 2.31. The summed E-state index contributed by atoms with van der Waals surface area (Å²) in [6, 6.07) is 7.84. The zero-order valence-corrected chi connectivity index (χ0v) is 10.3. The predicted molar refractivity (Wildman–Crippen MR) is 65.9 cm³/mol. The summed E-state index contributed by atoms with van der Waals surface area (Å²) in [4.78, 5) is 2.06. The Kier molecular flexibility index (Phi) is 5.29. The molecule has 0 saturated carbocycles. The Labute approximate surface area is 97.7 Å². The van der Waals surface area contributed by atoms with Crippen LogP contribution in [0.5, 0.6) is 5.75 Å². The summed E-state index contributed by atoms with van der Waals surface area (Å²) < 4.78 is 5.49. The first kappa shape index (κ1) is 13.0. The summed E-state index contributed by atoms with van der Waals surface area (Å²) in [7, 11) is 1.98. The molecule has 0 amide bonds. The molecule has 1 aromatic carbocycles. The van der Waals surface area contributed by atoms with Crippen LogP contribution >= 0.6 is 0 Å². The summed E-state index contributed by atoms with van der Waals surface area (Å²) in [5.41, 5.74) is 1.21. The minimum absolute atomic E-state index is 0.341. The van der Waals surface area contributed by atoms with Crippen LogP contribution < -0.4 is 4.74 Å². The highest BCUT2D eigenvalue weighted by Gasteiger charge is 2.07. The highest BCUT2D eigenvalue weighted by molar-refractivity contribution is 5.26. The Morgan fingerprint density at radius 1 is 1.31 bits per heavy atom. The number of aliphatic hydroxyl groups is 1. The maximum atomic E-state index is 9.70. The molecule has 1 N–H and O–H groups in total. The molecule has 0 spiro atoms. The zero-order valence-electron chi connectivity index (χ0n) is 10.3. The Morgan fingerprint density at radius 2 is 1.94 bits per heavy atom. The van der Waals surface area contributed by atoms with E-state index in [0.717, 1.165) is 12.3 Å². The van der Waals surface area contributed by atoms with E-state index < -0.39 is 6.10 Å². The molecule has 1 unspecified atom stereocenters. The summed E-state index contributed by atoms with van der Waals surface area (Å²) in [5, 5.41) is 9.70. The molecule has 0 aromatic heterocycles. The lowest BCUT2D eigenvalue weighted by molar-refractivity contribution is 0.0779. The molecule has 0 saturated heterocycles. The van der Waals surface area contributed by atoms with Gasteiger partial charge in [0.25, 0.3) is 0 Å². The van der Waals surface area contributed by atoms with Crippen LogP contribution in [0.3, 0.4) is 0 Å². The van der Waals surface area contributed by atoms with E-state index in [9.17, 15) is 5.11 Å². The Bertz CT molecular complexity index is 297. The summed E-state index contributed by atoms with van der Waals surface area (Å²) >= 11 is 0. The second kappa shape index (κ2) is 6.51. The van der Waals surface area contributed by atoms with Crippen molar-refractivity contribution < 1.29 is 9.84 Å². The van der Waals surface area contributed by atoms with Gasteiger partial charge in [0, 0.05) is 6.54 Å². The van der Waals surface area contributed by atoms with Crippen molar-refractivity contribution in [2.45, 2.75) is 20.0 Å². The van der Waals surface area contributed by atoms with E-state index in [-0.39, 0.29) is 0 Å². The van der Waals surface area contributed by atoms with Gasteiger partial charge in [-0.15, -0.1) is 0 Å². The van der Waals surface area contributed by atoms with Crippen molar-refractivity contribution >= 4 is 0 Å². The Morgan fingerprint density at radius 3 is 2.50 bits per heavy atom. The average Bonchev–Trinajstić information content (AvgIpc) is 2.28. The summed E-state index contributed by atoms with van der Waals surface area (Å²) in [6.07, 6.45) is -0.439. The monoisotopic (exact) mass is 223 g/mol. The number of rotatable bonds is 6. The van der Waals surface area contributed by atoms with Crippen molar-refractivity contribution in [1.29, 1.82) is 0 Å². The average molecular weight is 223 g/mol. The van der Waals surface area contributed by atoms with Gasteiger partial charge in [0.2, 0.25) is 0 Å². The van der Waals surface area contributed by atoms with Crippen molar-refractivity contribution in [3.05, 3.63) is 29.8 Å². The van der Waals surface area contributed by atoms with E-state index in [0.29, 0.717) is 13.2 Å². The molecule has 1 aromatic rings. The molecule has 0 aliphatic rings. The molecular weight excluding hydrogens is 202 g/mol. The van der Waals surface area contributed by atoms with E-state index >= 15 is 0 Å². The third-order valence-electron chi connectivity index (χ3n) is 2.53. The van der Waals surface area contributed by atoms with Gasteiger partial charge in [0.15, 0.2) is 0 Å². The van der Waals surface area contributed by atoms with Crippen molar-refractivity contribution in [3.63, 3.8) is 0 Å². The second-order valence-electron chi connectivity index (χ2n) is 4.13. The maximum absolute atomic E-state index is 9.70. The molecule has 1 atom stereocenters. The Hall–Kier alpha value is -1.06. The van der Waals surface area contributed by atoms with E-state index in [1.165, 1.54) is 5.56 Å². The van der Waals surface area contributed by atoms with Crippen LogP contribution in [-0.4, -0.2) is 42.9 Å². The van der Waals surface area contributed by atoms with Crippen LogP contribution in [-0.2, 0) is 0 Å². The molecule has 1 rings (SSSR count). The molecule has 0 radical (unpaired) electrons. The molecule has 3 heteroatoms. The number of ether oxygens (including phenoxy) is 1. The van der Waals surface area contributed by atoms with Gasteiger partial charge in [-0.2, -0.15) is 0 Å². The third kappa shape index (κ3) is 4.64. The first-order valence-electron chi connectivity index (χ1n) is 5.68. The first-order valence-corrected chi connectivity index (χ1v) is 5.68. The molecular formula is C13H21NO2. The van der Waals surface area contributed by atoms with Crippen molar-refractivity contribution in [1.82, 2.24) is 4.90 Å². The number of aliphatic hydroxyl groups excluding tert-OH is 1. The van der Waals surface area contributed by atoms with E-state index in [2.05, 4.69) is 11.8 Å². The van der Waals surface area contributed by atoms with Gasteiger partial charge in [-0.1, -0.05) is 24.6 Å². The fourth-order valence-corrected chi connectivity index (χ4v) is 1.37. The topological polar surface area (TPSA) is 32.7 Å². The molecule has 0 aliphatic carbocycles. The van der Waals surface area contributed by atoms with Gasteiger partial charge in [0.1, 0.15) is 18.5 Å². The highest BCUT2D eigenvalue weighted by atomic mass is 16.5. The van der Waals surface area contributed by atoms with Crippen molar-refractivity contribution in [2.75, 3.05) is 26.7 Å². The molecule has 0 aliphatic heterocycles. The van der Waals surface area contributed by atoms with Gasteiger partial charge >= 0.3 is 0 Å². The quantitative estimate of drug-likeness (QED) is 0.796. The third-order valence-corrected chi connectivity index (χ3v) is 2.53. The number of hydrogen-bond acceptors (Lipinski definition) is 3. The maximum Gasteiger partial charge on any atom is 0.119 e. The van der Waals surface area contributed by atoms with Gasteiger partial charge < -0.3 is 14.7 Å². The van der Waals surface area contributed by atoms with E-state index in [4.69, 9.17) is 4.74 Å². The largest absolute Gasteiger partial charge is 0.491 e. The van der Waals surface area contributed by atoms with Crippen LogP contribution in [0.2, 0.25) is 0 Å². The van der Waals surface area contributed by atoms with Gasteiger partial charge in [-0.25, -0.2) is 0 Å². The zero-order chi connectivity index (χ0) is 12.0. The predicted octanol–water partition coefficient (Wildman–Crippen LogP) is 1.69. The number of likely N-dealkylation sites (N-methyl/N-ethyl adjacent to an activating group) is 1. The fourth-order valence-electron chi connectivity index (χ4n) is 1.37. The summed E-state index contributed by atoms with van der Waals surface area (Å²) in [5.74, 6) is 0.809. The van der Waals surface area contributed by atoms with Crippen LogP contribution in [0.25, 0.3) is 0 Å². The highest BCUT2D eigenvalue weighted by Crippen LogP contribution is 2.11. The SMILES string of the molecule is CCN(C)CC(O)COc1ccc(C)cc1. The summed E-state index contributed by atoms with van der Waals surface area (Å²) in [6.45, 7) is 6.01. The first-order chi connectivity index (χ1) is 7.61. The normalized spacial score (nSPS) is 12.8. The molecule has 0 fully saturated rings. The van der Waals surface area contributed by atoms with Gasteiger partial charge in [0.05, 0.1) is 0 Å². The molecule has 0 heterocycles. The van der Waals surface area contributed by atoms with Gasteiger partial charge in [-0.05, 0) is 32.6 Å². The number of nitrogens with zero attached hydrogens (tertiary/aromatic N) is 1. The van der Waals surface area contributed by atoms with E-state index in [1.54, 1.807) is 0 Å². The van der Waals surface area contributed by atoms with Crippen LogP contribution in [0.4, 0.5) is 0 Å². The van der Waals surface area contributed by atoms with E-state index in [1.807, 2.05) is 38.2 Å². The standard InChI is InChI=1S/C13H21NO2/c1-4-14(3)9-12(15)10-16-13-7-5-11(2)6-8-13/h5-8,12,15H,4,9-10H2,1-3H3. The fraction of sp³-hybridized carbons (Fsp3) is 0.538. The number of aryl methyl sites for hydroxylation is 1. The lowest BCUT2D eigenvalue weighted by atomic mass is 10.2. The molecule has 16 heavy (non-hydrogen) atoms. The van der Waals surface area contributed by atoms with Gasteiger partial charge in [-0.3, -0.25) is 0 Å². The van der Waals surface area contributed by atoms with Crippen LogP contribution in [0.15, 0.2) is 24.3 Å². The smallest absolute Gasteiger partial charge is 0.119 e. The number of benzene rings is 1. The lowest BCUT2D eigenvalue weighted by Gasteiger charge is -2.19. The second-order valence-corrected chi connectivity index (χ2v) is 4.13. The van der Waals surface area contributed by atoms with Crippen molar-refractivity contribution in [2.24, 2.45) is 0 Å². The molecule has 90 valence electrons. The molecule has 3 nitrogen and oxygen atoms in total. The lowest BCUT2D eigenvalue weighted by Crippen LogP contribution is -2.32. The minimum Gasteiger partial charge on any atom is -0.491 e. The minimum atomic E-state index is -0.439. The van der Waals surface area contributed by atoms with Crippen molar-refractivity contribution in [3.8, 4) is 5.75 Å². The van der Waals surface area contributed by atoms with Crippen LogP contribution in [0, 0.1) is 6.92 Å². The number of hydrogen-bond donors (Lipinski definition) is 1. The molecule has 0 bridgehead atoms.